The maximum atomic E-state index is 11.0. The summed E-state index contributed by atoms with van der Waals surface area (Å²) < 4.78 is 0. The van der Waals surface area contributed by atoms with Crippen molar-refractivity contribution in [3.8, 4) is 0 Å². The van der Waals surface area contributed by atoms with Crippen molar-refractivity contribution >= 4 is 29.4 Å². The number of allylic oxidation sites excluding steroid dienone is 2. The quantitative estimate of drug-likeness (QED) is 0.635. The fourth-order valence-corrected chi connectivity index (χ4v) is 2.38. The predicted octanol–water partition coefficient (Wildman–Crippen LogP) is 0.720. The fourth-order valence-electron chi connectivity index (χ4n) is 2.38. The van der Waals surface area contributed by atoms with Crippen LogP contribution in [0.1, 0.15) is 33.6 Å². The van der Waals surface area contributed by atoms with Crippen LogP contribution in [0.2, 0.25) is 0 Å². The minimum absolute atomic E-state index is 0.204. The summed E-state index contributed by atoms with van der Waals surface area (Å²) in [6.45, 7) is 6.31. The Balaban J connectivity index is 0.000000185. The molecule has 0 aromatic rings. The van der Waals surface area contributed by atoms with Crippen LogP contribution in [-0.4, -0.2) is 29.4 Å². The Labute approximate surface area is 139 Å². The molecule has 0 aromatic carbocycles. The molecule has 2 N–H and O–H groups in total. The van der Waals surface area contributed by atoms with Crippen molar-refractivity contribution in [1.82, 2.24) is 10.6 Å². The van der Waals surface area contributed by atoms with Gasteiger partial charge in [-0.3, -0.25) is 34.6 Å². The van der Waals surface area contributed by atoms with Gasteiger partial charge in [-0.05, 0) is 24.8 Å². The van der Waals surface area contributed by atoms with Gasteiger partial charge in [-0.25, -0.2) is 0 Å². The van der Waals surface area contributed by atoms with Crippen LogP contribution in [0.25, 0.3) is 0 Å². The van der Waals surface area contributed by atoms with Crippen LogP contribution in [0.5, 0.6) is 0 Å². The molecule has 0 saturated carbocycles. The number of nitrogens with one attached hydrogen (secondary N) is 2. The lowest BCUT2D eigenvalue weighted by Crippen LogP contribution is -2.20. The second kappa shape index (κ2) is 8.14. The third kappa shape index (κ3) is 7.44. The van der Waals surface area contributed by atoms with Gasteiger partial charge in [0.15, 0.2) is 5.78 Å². The molecule has 0 radical (unpaired) electrons. The molecule has 3 aliphatic rings. The highest BCUT2D eigenvalue weighted by Gasteiger charge is 2.25. The zero-order chi connectivity index (χ0) is 18.3. The zero-order valence-electron chi connectivity index (χ0n) is 13.8. The highest BCUT2D eigenvalue weighted by Crippen LogP contribution is 2.32. The van der Waals surface area contributed by atoms with Crippen molar-refractivity contribution in [2.45, 2.75) is 33.6 Å². The second-order valence-electron chi connectivity index (χ2n) is 6.35. The van der Waals surface area contributed by atoms with E-state index in [9.17, 15) is 24.0 Å². The van der Waals surface area contributed by atoms with Gasteiger partial charge in [0.25, 0.3) is 23.6 Å². The van der Waals surface area contributed by atoms with Crippen LogP contribution in [0.15, 0.2) is 36.0 Å². The Kier molecular flexibility index (Phi) is 6.52. The molecule has 0 aromatic heterocycles. The molecule has 128 valence electrons. The van der Waals surface area contributed by atoms with Gasteiger partial charge in [-0.15, -0.1) is 0 Å². The van der Waals surface area contributed by atoms with Gasteiger partial charge in [0.05, 0.1) is 0 Å². The molecule has 2 aliphatic heterocycles. The SMILES string of the molecule is CC1=CC(=O)CC(C)(C)C1.O=C1C=CC(=O)N1.O=C1C=CC(=O)N1. The predicted molar refractivity (Wildman–Crippen MR) is 86.4 cm³/mol. The van der Waals surface area contributed by atoms with E-state index < -0.39 is 0 Å². The summed E-state index contributed by atoms with van der Waals surface area (Å²) in [7, 11) is 0. The zero-order valence-corrected chi connectivity index (χ0v) is 13.8. The number of hydrogen-bond donors (Lipinski definition) is 2. The largest absolute Gasteiger partial charge is 0.295 e. The first kappa shape index (κ1) is 19.2. The van der Waals surface area contributed by atoms with E-state index in [2.05, 4.69) is 13.8 Å². The Morgan fingerprint density at radius 2 is 1.12 bits per heavy atom. The summed E-state index contributed by atoms with van der Waals surface area (Å²) >= 11 is 0. The third-order valence-corrected chi connectivity index (χ3v) is 3.08. The number of ketones is 1. The van der Waals surface area contributed by atoms with E-state index in [0.29, 0.717) is 6.42 Å². The van der Waals surface area contributed by atoms with Crippen molar-refractivity contribution in [1.29, 1.82) is 0 Å². The van der Waals surface area contributed by atoms with E-state index in [-0.39, 0.29) is 34.8 Å². The number of rotatable bonds is 0. The van der Waals surface area contributed by atoms with Crippen molar-refractivity contribution in [2.24, 2.45) is 5.41 Å². The summed E-state index contributed by atoms with van der Waals surface area (Å²) in [5.74, 6) is -1.03. The van der Waals surface area contributed by atoms with Gasteiger partial charge in [0, 0.05) is 30.7 Å². The lowest BCUT2D eigenvalue weighted by molar-refractivity contribution is -0.125. The van der Waals surface area contributed by atoms with E-state index in [1.165, 1.54) is 29.9 Å². The Bertz CT molecular complexity index is 600. The van der Waals surface area contributed by atoms with Gasteiger partial charge in [0.2, 0.25) is 0 Å². The minimum atomic E-state index is -0.329. The maximum absolute atomic E-state index is 11.0. The highest BCUT2D eigenvalue weighted by molar-refractivity contribution is 6.13. The van der Waals surface area contributed by atoms with Crippen LogP contribution in [-0.2, 0) is 24.0 Å². The molecule has 1 aliphatic carbocycles. The highest BCUT2D eigenvalue weighted by atomic mass is 16.2. The summed E-state index contributed by atoms with van der Waals surface area (Å²) in [4.78, 5) is 51.2. The van der Waals surface area contributed by atoms with Crippen molar-refractivity contribution in [2.75, 3.05) is 0 Å². The molecule has 0 spiro atoms. The van der Waals surface area contributed by atoms with Crippen LogP contribution < -0.4 is 10.6 Å². The van der Waals surface area contributed by atoms with E-state index >= 15 is 0 Å². The monoisotopic (exact) mass is 332 g/mol. The molecule has 7 nitrogen and oxygen atoms in total. The lowest BCUT2D eigenvalue weighted by atomic mass is 9.77. The van der Waals surface area contributed by atoms with Gasteiger partial charge in [-0.2, -0.15) is 0 Å². The standard InChI is InChI=1S/C9H14O.2C4H3NO2/c1-7-4-8(10)6-9(2,3)5-7;2*6-3-1-2-4(7)5-3/h4H,5-6H2,1-3H3;2*1-2H,(H,5,6,7). The van der Waals surface area contributed by atoms with E-state index in [0.717, 1.165) is 6.42 Å². The molecular formula is C17H20N2O5. The van der Waals surface area contributed by atoms with Gasteiger partial charge in [0.1, 0.15) is 0 Å². The van der Waals surface area contributed by atoms with E-state index in [1.54, 1.807) is 6.08 Å². The van der Waals surface area contributed by atoms with Crippen LogP contribution in [0.4, 0.5) is 0 Å². The van der Waals surface area contributed by atoms with E-state index in [4.69, 9.17) is 0 Å². The molecule has 0 bridgehead atoms. The van der Waals surface area contributed by atoms with Gasteiger partial charge >= 0.3 is 0 Å². The molecule has 2 heterocycles. The Morgan fingerprint density at radius 3 is 1.33 bits per heavy atom. The molecular weight excluding hydrogens is 312 g/mol. The van der Waals surface area contributed by atoms with Crippen molar-refractivity contribution in [3.63, 3.8) is 0 Å². The second-order valence-corrected chi connectivity index (χ2v) is 6.35. The van der Waals surface area contributed by atoms with E-state index in [1.807, 2.05) is 17.6 Å². The first-order valence-corrected chi connectivity index (χ1v) is 7.33. The molecule has 0 unspecified atom stereocenters. The first-order chi connectivity index (χ1) is 11.1. The minimum Gasteiger partial charge on any atom is -0.295 e. The number of imide groups is 2. The molecule has 0 fully saturated rings. The molecule has 24 heavy (non-hydrogen) atoms. The number of amides is 4. The Morgan fingerprint density at radius 1 is 0.750 bits per heavy atom. The topological polar surface area (TPSA) is 109 Å². The van der Waals surface area contributed by atoms with Crippen LogP contribution in [0.3, 0.4) is 0 Å². The third-order valence-electron chi connectivity index (χ3n) is 3.08. The van der Waals surface area contributed by atoms with Gasteiger partial charge < -0.3 is 0 Å². The summed E-state index contributed by atoms with van der Waals surface area (Å²) in [5, 5.41) is 4.06. The molecule has 0 atom stereocenters. The molecule has 7 heteroatoms. The first-order valence-electron chi connectivity index (χ1n) is 7.33. The molecule has 0 saturated heterocycles. The lowest BCUT2D eigenvalue weighted by Gasteiger charge is -2.27. The smallest absolute Gasteiger partial charge is 0.250 e. The number of carbonyl (C=O) groups excluding carboxylic acids is 5. The average molecular weight is 332 g/mol. The fraction of sp³-hybridized carbons (Fsp3) is 0.353. The summed E-state index contributed by atoms with van der Waals surface area (Å²) in [6.07, 6.45) is 8.34. The van der Waals surface area contributed by atoms with Gasteiger partial charge in [-0.1, -0.05) is 19.4 Å². The number of carbonyl (C=O) groups is 5. The molecule has 3 rings (SSSR count). The number of hydrogen-bond acceptors (Lipinski definition) is 5. The summed E-state index contributed by atoms with van der Waals surface area (Å²) in [5.41, 5.74) is 1.43. The van der Waals surface area contributed by atoms with Crippen LogP contribution in [0, 0.1) is 5.41 Å². The maximum Gasteiger partial charge on any atom is 0.250 e. The van der Waals surface area contributed by atoms with Crippen molar-refractivity contribution in [3.05, 3.63) is 36.0 Å². The van der Waals surface area contributed by atoms with Crippen molar-refractivity contribution < 1.29 is 24.0 Å². The normalized spacial score (nSPS) is 20.5. The van der Waals surface area contributed by atoms with Crippen LogP contribution >= 0.6 is 0 Å². The Hall–Kier alpha value is -2.83. The summed E-state index contributed by atoms with van der Waals surface area (Å²) in [6, 6.07) is 0. The average Bonchev–Trinajstić information content (AvgIpc) is 2.96. The molecule has 4 amide bonds.